The van der Waals surface area contributed by atoms with Crippen molar-refractivity contribution in [3.63, 3.8) is 0 Å². The molecule has 0 unspecified atom stereocenters. The monoisotopic (exact) mass is 443 g/mol. The molecule has 1 amide bonds. The zero-order valence-corrected chi connectivity index (χ0v) is 18.7. The van der Waals surface area contributed by atoms with Gasteiger partial charge >= 0.3 is 0 Å². The van der Waals surface area contributed by atoms with Crippen LogP contribution in [0.25, 0.3) is 0 Å². The van der Waals surface area contributed by atoms with E-state index in [0.717, 1.165) is 43.8 Å². The van der Waals surface area contributed by atoms with Crippen LogP contribution in [0.2, 0.25) is 0 Å². The summed E-state index contributed by atoms with van der Waals surface area (Å²) in [5, 5.41) is 0. The first-order valence-corrected chi connectivity index (χ1v) is 12.2. The second-order valence-electron chi connectivity index (χ2n) is 7.97. The van der Waals surface area contributed by atoms with Gasteiger partial charge in [-0.15, -0.1) is 0 Å². The number of amides is 1. The van der Waals surface area contributed by atoms with Crippen molar-refractivity contribution in [3.05, 3.63) is 54.1 Å². The first-order chi connectivity index (χ1) is 15.0. The minimum atomic E-state index is -3.54. The molecular weight excluding hydrogens is 414 g/mol. The Bertz CT molecular complexity index is 1020. The number of nitrogens with zero attached hydrogens (tertiary/aromatic N) is 3. The van der Waals surface area contributed by atoms with Crippen LogP contribution < -0.4 is 9.64 Å². The van der Waals surface area contributed by atoms with E-state index < -0.39 is 10.0 Å². The normalized spacial score (nSPS) is 18.1. The molecule has 0 spiro atoms. The number of benzene rings is 2. The standard InChI is InChI=1S/C23H29N3O4S/c1-30-21-10-8-20(9-11-21)24-12-5-13-25(17-16-24)23(27)19-6-4-7-22(18-19)31(28,29)26-14-2-3-15-26/h4,6-11,18H,2-3,5,12-17H2,1H3. The van der Waals surface area contributed by atoms with Gasteiger partial charge in [-0.05, 0) is 61.7 Å². The van der Waals surface area contributed by atoms with E-state index in [1.54, 1.807) is 25.3 Å². The second-order valence-corrected chi connectivity index (χ2v) is 9.91. The summed E-state index contributed by atoms with van der Waals surface area (Å²) in [5.74, 6) is 0.703. The number of hydrogen-bond donors (Lipinski definition) is 0. The molecule has 0 radical (unpaired) electrons. The van der Waals surface area contributed by atoms with Gasteiger partial charge in [0.15, 0.2) is 0 Å². The van der Waals surface area contributed by atoms with Gasteiger partial charge < -0.3 is 14.5 Å². The smallest absolute Gasteiger partial charge is 0.253 e. The van der Waals surface area contributed by atoms with Gasteiger partial charge in [-0.3, -0.25) is 4.79 Å². The Hall–Kier alpha value is -2.58. The van der Waals surface area contributed by atoms with Crippen LogP contribution in [0.15, 0.2) is 53.4 Å². The van der Waals surface area contributed by atoms with Crippen molar-refractivity contribution in [3.8, 4) is 5.75 Å². The molecule has 2 saturated heterocycles. The quantitative estimate of drug-likeness (QED) is 0.711. The fraction of sp³-hybridized carbons (Fsp3) is 0.435. The second kappa shape index (κ2) is 9.28. The van der Waals surface area contributed by atoms with E-state index >= 15 is 0 Å². The fourth-order valence-corrected chi connectivity index (χ4v) is 5.78. The van der Waals surface area contributed by atoms with Crippen molar-refractivity contribution in [2.24, 2.45) is 0 Å². The Labute approximate surface area is 184 Å². The van der Waals surface area contributed by atoms with Crippen LogP contribution in [0.5, 0.6) is 5.75 Å². The average Bonchev–Trinajstić information content (AvgIpc) is 3.25. The fourth-order valence-electron chi connectivity index (χ4n) is 4.22. The molecule has 0 aromatic heterocycles. The molecule has 31 heavy (non-hydrogen) atoms. The molecule has 166 valence electrons. The van der Waals surface area contributed by atoms with E-state index in [0.29, 0.717) is 31.7 Å². The van der Waals surface area contributed by atoms with Crippen LogP contribution in [0.3, 0.4) is 0 Å². The molecule has 0 saturated carbocycles. The summed E-state index contributed by atoms with van der Waals surface area (Å²) >= 11 is 0. The average molecular weight is 444 g/mol. The van der Waals surface area contributed by atoms with E-state index in [1.165, 1.54) is 10.4 Å². The predicted octanol–water partition coefficient (Wildman–Crippen LogP) is 2.83. The third-order valence-electron chi connectivity index (χ3n) is 6.00. The van der Waals surface area contributed by atoms with E-state index in [4.69, 9.17) is 4.74 Å². The molecule has 4 rings (SSSR count). The highest BCUT2D eigenvalue weighted by Gasteiger charge is 2.28. The van der Waals surface area contributed by atoms with Crippen molar-refractivity contribution in [2.75, 3.05) is 51.3 Å². The van der Waals surface area contributed by atoms with E-state index in [1.807, 2.05) is 29.2 Å². The van der Waals surface area contributed by atoms with Gasteiger partial charge in [0.2, 0.25) is 10.0 Å². The Morgan fingerprint density at radius 1 is 0.871 bits per heavy atom. The molecule has 2 aliphatic rings. The lowest BCUT2D eigenvalue weighted by Gasteiger charge is -2.24. The highest BCUT2D eigenvalue weighted by Crippen LogP contribution is 2.23. The number of carbonyl (C=O) groups is 1. The number of hydrogen-bond acceptors (Lipinski definition) is 5. The minimum absolute atomic E-state index is 0.116. The lowest BCUT2D eigenvalue weighted by Crippen LogP contribution is -2.35. The van der Waals surface area contributed by atoms with Crippen LogP contribution in [0, 0.1) is 0 Å². The Morgan fingerprint density at radius 2 is 1.61 bits per heavy atom. The van der Waals surface area contributed by atoms with Crippen LogP contribution >= 0.6 is 0 Å². The number of anilines is 1. The molecular formula is C23H29N3O4S. The highest BCUT2D eigenvalue weighted by atomic mass is 32.2. The largest absolute Gasteiger partial charge is 0.497 e. The molecule has 2 fully saturated rings. The van der Waals surface area contributed by atoms with Crippen LogP contribution in [-0.4, -0.2) is 69.9 Å². The predicted molar refractivity (Wildman–Crippen MR) is 120 cm³/mol. The molecule has 0 N–H and O–H groups in total. The van der Waals surface area contributed by atoms with Crippen LogP contribution in [0.1, 0.15) is 29.6 Å². The number of sulfonamides is 1. The first-order valence-electron chi connectivity index (χ1n) is 10.8. The number of carbonyl (C=O) groups excluding carboxylic acids is 1. The maximum atomic E-state index is 13.2. The Morgan fingerprint density at radius 3 is 2.32 bits per heavy atom. The van der Waals surface area contributed by atoms with Crippen molar-refractivity contribution in [1.29, 1.82) is 0 Å². The third kappa shape index (κ3) is 4.70. The van der Waals surface area contributed by atoms with Gasteiger partial charge in [-0.2, -0.15) is 4.31 Å². The molecule has 2 aliphatic heterocycles. The summed E-state index contributed by atoms with van der Waals surface area (Å²) in [6.45, 7) is 3.92. The molecule has 0 bridgehead atoms. The maximum absolute atomic E-state index is 13.2. The van der Waals surface area contributed by atoms with E-state index in [9.17, 15) is 13.2 Å². The molecule has 2 heterocycles. The number of ether oxygens (including phenoxy) is 1. The van der Waals surface area contributed by atoms with Crippen molar-refractivity contribution >= 4 is 21.6 Å². The van der Waals surface area contributed by atoms with Gasteiger partial charge in [0, 0.05) is 50.5 Å². The zero-order chi connectivity index (χ0) is 21.8. The van der Waals surface area contributed by atoms with Gasteiger partial charge in [0.1, 0.15) is 5.75 Å². The molecule has 7 nitrogen and oxygen atoms in total. The van der Waals surface area contributed by atoms with Crippen molar-refractivity contribution < 1.29 is 17.9 Å². The lowest BCUT2D eigenvalue weighted by atomic mass is 10.2. The van der Waals surface area contributed by atoms with Gasteiger partial charge in [0.05, 0.1) is 12.0 Å². The lowest BCUT2D eigenvalue weighted by molar-refractivity contribution is 0.0766. The van der Waals surface area contributed by atoms with Crippen LogP contribution in [-0.2, 0) is 10.0 Å². The summed E-state index contributed by atoms with van der Waals surface area (Å²) in [7, 11) is -1.89. The number of rotatable bonds is 5. The highest BCUT2D eigenvalue weighted by molar-refractivity contribution is 7.89. The summed E-state index contributed by atoms with van der Waals surface area (Å²) in [5.41, 5.74) is 1.53. The van der Waals surface area contributed by atoms with Crippen molar-refractivity contribution in [2.45, 2.75) is 24.2 Å². The topological polar surface area (TPSA) is 70.2 Å². The summed E-state index contributed by atoms with van der Waals surface area (Å²) in [6.07, 6.45) is 2.62. The summed E-state index contributed by atoms with van der Waals surface area (Å²) in [6, 6.07) is 14.4. The van der Waals surface area contributed by atoms with E-state index in [-0.39, 0.29) is 10.8 Å². The Kier molecular flexibility index (Phi) is 6.48. The number of methoxy groups -OCH3 is 1. The molecule has 2 aromatic rings. The summed E-state index contributed by atoms with van der Waals surface area (Å²) in [4.78, 5) is 17.5. The van der Waals surface area contributed by atoms with Gasteiger partial charge in [-0.1, -0.05) is 6.07 Å². The van der Waals surface area contributed by atoms with E-state index in [2.05, 4.69) is 4.90 Å². The van der Waals surface area contributed by atoms with Crippen molar-refractivity contribution in [1.82, 2.24) is 9.21 Å². The Balaban J connectivity index is 1.46. The van der Waals surface area contributed by atoms with Gasteiger partial charge in [0.25, 0.3) is 5.91 Å². The molecule has 2 aromatic carbocycles. The zero-order valence-electron chi connectivity index (χ0n) is 17.9. The molecule has 0 aliphatic carbocycles. The minimum Gasteiger partial charge on any atom is -0.497 e. The SMILES string of the molecule is COc1ccc(N2CCCN(C(=O)c3cccc(S(=O)(=O)N4CCCC4)c3)CC2)cc1. The maximum Gasteiger partial charge on any atom is 0.253 e. The third-order valence-corrected chi connectivity index (χ3v) is 7.90. The van der Waals surface area contributed by atoms with Crippen LogP contribution in [0.4, 0.5) is 5.69 Å². The molecule has 0 atom stereocenters. The van der Waals surface area contributed by atoms with Gasteiger partial charge in [-0.25, -0.2) is 8.42 Å². The summed E-state index contributed by atoms with van der Waals surface area (Å²) < 4.78 is 32.5. The molecule has 8 heteroatoms. The first kappa shape index (κ1) is 21.6.